The topological polar surface area (TPSA) is 84.5 Å². The van der Waals surface area contributed by atoms with E-state index in [9.17, 15) is 13.2 Å². The number of carbonyl (C=O) groups is 1. The van der Waals surface area contributed by atoms with Crippen LogP contribution in [0.1, 0.15) is 42.0 Å². The standard InChI is InChI=1S/C21H28N2O4S/c1-15(2)20-10-9-19(11-16(20)3)27-13-21(24)23-12-17-5-7-18(8-6-17)14-28(25,26)22-4/h5-11,15,22H,12-14H2,1-4H3,(H,23,24). The van der Waals surface area contributed by atoms with Gasteiger partial charge < -0.3 is 10.1 Å². The molecule has 1 amide bonds. The van der Waals surface area contributed by atoms with Crippen molar-refractivity contribution < 1.29 is 17.9 Å². The number of aryl methyl sites for hydroxylation is 1. The van der Waals surface area contributed by atoms with Crippen LogP contribution in [-0.2, 0) is 27.1 Å². The van der Waals surface area contributed by atoms with Gasteiger partial charge in [0.05, 0.1) is 5.75 Å². The van der Waals surface area contributed by atoms with Gasteiger partial charge in [0.15, 0.2) is 6.61 Å². The SMILES string of the molecule is CNS(=O)(=O)Cc1ccc(CNC(=O)COc2ccc(C(C)C)c(C)c2)cc1. The lowest BCUT2D eigenvalue weighted by Crippen LogP contribution is -2.28. The molecule has 0 aromatic heterocycles. The van der Waals surface area contributed by atoms with Crippen LogP contribution in [0, 0.1) is 6.92 Å². The third kappa shape index (κ3) is 6.65. The maximum Gasteiger partial charge on any atom is 0.258 e. The van der Waals surface area contributed by atoms with Gasteiger partial charge in [0.1, 0.15) is 5.75 Å². The molecule has 2 N–H and O–H groups in total. The highest BCUT2D eigenvalue weighted by Gasteiger charge is 2.09. The van der Waals surface area contributed by atoms with Crippen LogP contribution >= 0.6 is 0 Å². The van der Waals surface area contributed by atoms with Gasteiger partial charge in [-0.15, -0.1) is 0 Å². The highest BCUT2D eigenvalue weighted by molar-refractivity contribution is 7.88. The second-order valence-electron chi connectivity index (χ2n) is 7.02. The number of benzene rings is 2. The summed E-state index contributed by atoms with van der Waals surface area (Å²) in [6, 6.07) is 12.9. The average Bonchev–Trinajstić information content (AvgIpc) is 2.65. The summed E-state index contributed by atoms with van der Waals surface area (Å²) < 4.78 is 31.0. The molecule has 7 heteroatoms. The van der Waals surface area contributed by atoms with Gasteiger partial charge >= 0.3 is 0 Å². The lowest BCUT2D eigenvalue weighted by Gasteiger charge is -2.12. The fourth-order valence-electron chi connectivity index (χ4n) is 2.83. The van der Waals surface area contributed by atoms with Gasteiger partial charge in [0.25, 0.3) is 5.91 Å². The molecular formula is C21H28N2O4S. The number of ether oxygens (including phenoxy) is 1. The van der Waals surface area contributed by atoms with Crippen molar-refractivity contribution in [3.8, 4) is 5.75 Å². The largest absolute Gasteiger partial charge is 0.484 e. The molecule has 0 radical (unpaired) electrons. The zero-order valence-electron chi connectivity index (χ0n) is 16.8. The van der Waals surface area contributed by atoms with Crippen molar-refractivity contribution in [2.75, 3.05) is 13.7 Å². The molecule has 0 aliphatic rings. The fourth-order valence-corrected chi connectivity index (χ4v) is 3.61. The first-order valence-electron chi connectivity index (χ1n) is 9.19. The minimum Gasteiger partial charge on any atom is -0.484 e. The molecule has 0 saturated carbocycles. The predicted octanol–water partition coefficient (Wildman–Crippen LogP) is 2.86. The van der Waals surface area contributed by atoms with Crippen LogP contribution in [0.15, 0.2) is 42.5 Å². The summed E-state index contributed by atoms with van der Waals surface area (Å²) in [4.78, 5) is 12.0. The van der Waals surface area contributed by atoms with Crippen LogP contribution in [-0.4, -0.2) is 28.0 Å². The van der Waals surface area contributed by atoms with E-state index in [1.807, 2.05) is 25.1 Å². The Morgan fingerprint density at radius 1 is 1.07 bits per heavy atom. The number of hydrogen-bond acceptors (Lipinski definition) is 4. The quantitative estimate of drug-likeness (QED) is 0.673. The van der Waals surface area contributed by atoms with Crippen molar-refractivity contribution in [2.24, 2.45) is 0 Å². The second-order valence-corrected chi connectivity index (χ2v) is 8.94. The van der Waals surface area contributed by atoms with Gasteiger partial charge in [-0.2, -0.15) is 0 Å². The van der Waals surface area contributed by atoms with Crippen LogP contribution < -0.4 is 14.8 Å². The molecule has 0 saturated heterocycles. The minimum absolute atomic E-state index is 0.0566. The summed E-state index contributed by atoms with van der Waals surface area (Å²) in [5.74, 6) is 0.834. The predicted molar refractivity (Wildman–Crippen MR) is 111 cm³/mol. The second kappa shape index (κ2) is 9.71. The molecule has 28 heavy (non-hydrogen) atoms. The van der Waals surface area contributed by atoms with E-state index in [0.29, 0.717) is 23.8 Å². The van der Waals surface area contributed by atoms with E-state index in [2.05, 4.69) is 23.9 Å². The van der Waals surface area contributed by atoms with Crippen molar-refractivity contribution in [1.82, 2.24) is 10.0 Å². The average molecular weight is 405 g/mol. The monoisotopic (exact) mass is 404 g/mol. The van der Waals surface area contributed by atoms with Gasteiger partial charge in [-0.1, -0.05) is 44.2 Å². The molecule has 0 aliphatic carbocycles. The van der Waals surface area contributed by atoms with Crippen molar-refractivity contribution in [1.29, 1.82) is 0 Å². The van der Waals surface area contributed by atoms with Crippen molar-refractivity contribution in [2.45, 2.75) is 39.0 Å². The number of amides is 1. The van der Waals surface area contributed by atoms with Crippen LogP contribution in [0.3, 0.4) is 0 Å². The summed E-state index contributed by atoms with van der Waals surface area (Å²) >= 11 is 0. The zero-order chi connectivity index (χ0) is 20.7. The molecule has 0 fully saturated rings. The number of rotatable bonds is 9. The van der Waals surface area contributed by atoms with Crippen LogP contribution in [0.4, 0.5) is 0 Å². The highest BCUT2D eigenvalue weighted by atomic mass is 32.2. The van der Waals surface area contributed by atoms with E-state index in [-0.39, 0.29) is 18.3 Å². The Morgan fingerprint density at radius 2 is 1.71 bits per heavy atom. The Bertz CT molecular complexity index is 907. The first kappa shape index (κ1) is 21.9. The molecular weight excluding hydrogens is 376 g/mol. The maximum atomic E-state index is 12.0. The molecule has 152 valence electrons. The summed E-state index contributed by atoms with van der Waals surface area (Å²) in [5, 5.41) is 2.80. The van der Waals surface area contributed by atoms with Crippen molar-refractivity contribution >= 4 is 15.9 Å². The Hall–Kier alpha value is -2.38. The van der Waals surface area contributed by atoms with Gasteiger partial charge in [-0.25, -0.2) is 13.1 Å². The first-order chi connectivity index (χ1) is 13.2. The highest BCUT2D eigenvalue weighted by Crippen LogP contribution is 2.23. The normalized spacial score (nSPS) is 11.5. The molecule has 6 nitrogen and oxygen atoms in total. The maximum absolute atomic E-state index is 12.0. The molecule has 0 spiro atoms. The number of hydrogen-bond donors (Lipinski definition) is 2. The molecule has 0 bridgehead atoms. The summed E-state index contributed by atoms with van der Waals surface area (Å²) in [7, 11) is -1.90. The van der Waals surface area contributed by atoms with Gasteiger partial charge in [0.2, 0.25) is 10.0 Å². The first-order valence-corrected chi connectivity index (χ1v) is 10.8. The fraction of sp³-hybridized carbons (Fsp3) is 0.381. The molecule has 0 aliphatic heterocycles. The lowest BCUT2D eigenvalue weighted by atomic mass is 9.98. The number of nitrogens with one attached hydrogen (secondary N) is 2. The van der Waals surface area contributed by atoms with E-state index in [0.717, 1.165) is 11.1 Å². The van der Waals surface area contributed by atoms with Crippen LogP contribution in [0.25, 0.3) is 0 Å². The molecule has 2 rings (SSSR count). The van der Waals surface area contributed by atoms with E-state index in [4.69, 9.17) is 4.74 Å². The lowest BCUT2D eigenvalue weighted by molar-refractivity contribution is -0.123. The van der Waals surface area contributed by atoms with E-state index in [1.54, 1.807) is 24.3 Å². The Kier molecular flexibility index (Phi) is 7.60. The molecule has 2 aromatic carbocycles. The van der Waals surface area contributed by atoms with Crippen molar-refractivity contribution in [3.05, 3.63) is 64.7 Å². The van der Waals surface area contributed by atoms with Gasteiger partial charge in [-0.05, 0) is 54.3 Å². The molecule has 2 aromatic rings. The summed E-state index contributed by atoms with van der Waals surface area (Å²) in [6.45, 7) is 6.62. The van der Waals surface area contributed by atoms with E-state index >= 15 is 0 Å². The Labute approximate surface area is 167 Å². The third-order valence-corrected chi connectivity index (χ3v) is 5.75. The van der Waals surface area contributed by atoms with Gasteiger partial charge in [-0.3, -0.25) is 4.79 Å². The molecule has 0 atom stereocenters. The zero-order valence-corrected chi connectivity index (χ0v) is 17.6. The molecule has 0 heterocycles. The van der Waals surface area contributed by atoms with Crippen LogP contribution in [0.5, 0.6) is 5.75 Å². The number of carbonyl (C=O) groups excluding carboxylic acids is 1. The smallest absolute Gasteiger partial charge is 0.258 e. The van der Waals surface area contributed by atoms with Crippen molar-refractivity contribution in [3.63, 3.8) is 0 Å². The van der Waals surface area contributed by atoms with E-state index in [1.165, 1.54) is 12.6 Å². The van der Waals surface area contributed by atoms with Gasteiger partial charge in [0, 0.05) is 6.54 Å². The third-order valence-electron chi connectivity index (χ3n) is 4.41. The minimum atomic E-state index is -3.29. The van der Waals surface area contributed by atoms with Crippen LogP contribution in [0.2, 0.25) is 0 Å². The Morgan fingerprint density at radius 3 is 2.29 bits per heavy atom. The number of sulfonamides is 1. The Balaban J connectivity index is 1.82. The molecule has 0 unspecified atom stereocenters. The van der Waals surface area contributed by atoms with E-state index < -0.39 is 10.0 Å². The summed E-state index contributed by atoms with van der Waals surface area (Å²) in [6.07, 6.45) is 0. The summed E-state index contributed by atoms with van der Waals surface area (Å²) in [5.41, 5.74) is 3.99.